The van der Waals surface area contributed by atoms with E-state index in [0.717, 1.165) is 5.25 Å². The molecule has 1 nitrogen and oxygen atoms in total. The van der Waals surface area contributed by atoms with Gasteiger partial charge in [-0.1, -0.05) is 18.6 Å². The van der Waals surface area contributed by atoms with E-state index in [9.17, 15) is 4.39 Å². The molecule has 0 aliphatic heterocycles. The number of nitrogens with one attached hydrogen (secondary N) is 1. The lowest BCUT2D eigenvalue weighted by Crippen LogP contribution is -2.36. The third-order valence-corrected chi connectivity index (χ3v) is 4.91. The average Bonchev–Trinajstić information content (AvgIpc) is 2.39. The Morgan fingerprint density at radius 1 is 1.28 bits per heavy atom. The zero-order valence-electron chi connectivity index (χ0n) is 11.2. The van der Waals surface area contributed by atoms with Gasteiger partial charge in [0.15, 0.2) is 0 Å². The first-order chi connectivity index (χ1) is 8.69. The van der Waals surface area contributed by atoms with E-state index in [-0.39, 0.29) is 5.82 Å². The Bertz CT molecular complexity index is 365. The highest BCUT2D eigenvalue weighted by molar-refractivity contribution is 7.99. The molecule has 3 heteroatoms. The first-order valence-corrected chi connectivity index (χ1v) is 8.02. The Morgan fingerprint density at radius 3 is 2.67 bits per heavy atom. The number of benzene rings is 1. The van der Waals surface area contributed by atoms with Gasteiger partial charge in [0, 0.05) is 17.3 Å². The highest BCUT2D eigenvalue weighted by atomic mass is 32.2. The van der Waals surface area contributed by atoms with Gasteiger partial charge in [-0.2, -0.15) is 11.8 Å². The maximum absolute atomic E-state index is 12.9. The van der Waals surface area contributed by atoms with Crippen molar-refractivity contribution < 1.29 is 4.39 Å². The standard InChI is InChI=1S/C15H22FNS/c1-11(12-6-8-13(16)9-7-12)17-14-4-3-5-15(10-14)18-2/h6-9,11,14-15,17H,3-5,10H2,1-2H3. The molecular weight excluding hydrogens is 245 g/mol. The van der Waals surface area contributed by atoms with Crippen molar-refractivity contribution in [2.75, 3.05) is 6.26 Å². The van der Waals surface area contributed by atoms with Gasteiger partial charge in [0.05, 0.1) is 0 Å². The number of rotatable bonds is 4. The van der Waals surface area contributed by atoms with Crippen LogP contribution in [0, 0.1) is 5.82 Å². The molecule has 100 valence electrons. The van der Waals surface area contributed by atoms with E-state index >= 15 is 0 Å². The minimum atomic E-state index is -0.161. The highest BCUT2D eigenvalue weighted by Crippen LogP contribution is 2.28. The van der Waals surface area contributed by atoms with Crippen molar-refractivity contribution in [1.29, 1.82) is 0 Å². The zero-order chi connectivity index (χ0) is 13.0. The summed E-state index contributed by atoms with van der Waals surface area (Å²) < 4.78 is 12.9. The van der Waals surface area contributed by atoms with Gasteiger partial charge in [-0.3, -0.25) is 0 Å². The lowest BCUT2D eigenvalue weighted by atomic mass is 9.93. The van der Waals surface area contributed by atoms with Crippen molar-refractivity contribution in [3.63, 3.8) is 0 Å². The van der Waals surface area contributed by atoms with Gasteiger partial charge in [-0.25, -0.2) is 4.39 Å². The summed E-state index contributed by atoms with van der Waals surface area (Å²) in [6.45, 7) is 2.16. The fraction of sp³-hybridized carbons (Fsp3) is 0.600. The molecule has 1 aromatic rings. The monoisotopic (exact) mass is 267 g/mol. The predicted octanol–water partition coefficient (Wildman–Crippen LogP) is 4.15. The molecule has 1 saturated carbocycles. The van der Waals surface area contributed by atoms with E-state index in [1.165, 1.54) is 31.2 Å². The van der Waals surface area contributed by atoms with Crippen LogP contribution in [0.5, 0.6) is 0 Å². The summed E-state index contributed by atoms with van der Waals surface area (Å²) >= 11 is 1.98. The molecule has 0 radical (unpaired) electrons. The quantitative estimate of drug-likeness (QED) is 0.879. The van der Waals surface area contributed by atoms with Crippen molar-refractivity contribution in [3.05, 3.63) is 35.6 Å². The third kappa shape index (κ3) is 3.72. The summed E-state index contributed by atoms with van der Waals surface area (Å²) in [5.41, 5.74) is 1.17. The predicted molar refractivity (Wildman–Crippen MR) is 77.5 cm³/mol. The number of thioether (sulfide) groups is 1. The minimum absolute atomic E-state index is 0.161. The summed E-state index contributed by atoms with van der Waals surface area (Å²) in [5.74, 6) is -0.161. The van der Waals surface area contributed by atoms with Gasteiger partial charge >= 0.3 is 0 Å². The largest absolute Gasteiger partial charge is 0.307 e. The topological polar surface area (TPSA) is 12.0 Å². The molecule has 18 heavy (non-hydrogen) atoms. The second-order valence-corrected chi connectivity index (χ2v) is 6.30. The molecule has 3 atom stereocenters. The van der Waals surface area contributed by atoms with E-state index in [1.807, 2.05) is 23.9 Å². The van der Waals surface area contributed by atoms with Crippen molar-refractivity contribution in [1.82, 2.24) is 5.32 Å². The Kier molecular flexibility index (Phi) is 5.07. The second-order valence-electron chi connectivity index (χ2n) is 5.16. The van der Waals surface area contributed by atoms with Crippen molar-refractivity contribution in [3.8, 4) is 0 Å². The molecule has 0 bridgehead atoms. The van der Waals surface area contributed by atoms with Crippen LogP contribution < -0.4 is 5.32 Å². The molecule has 2 rings (SSSR count). The van der Waals surface area contributed by atoms with Crippen molar-refractivity contribution >= 4 is 11.8 Å². The lowest BCUT2D eigenvalue weighted by Gasteiger charge is -2.31. The van der Waals surface area contributed by atoms with Gasteiger partial charge in [-0.05, 0) is 50.1 Å². The van der Waals surface area contributed by atoms with Crippen LogP contribution in [0.15, 0.2) is 24.3 Å². The van der Waals surface area contributed by atoms with Crippen LogP contribution in [0.25, 0.3) is 0 Å². The van der Waals surface area contributed by atoms with Crippen LogP contribution in [0.1, 0.15) is 44.2 Å². The van der Waals surface area contributed by atoms with E-state index in [4.69, 9.17) is 0 Å². The molecule has 1 fully saturated rings. The maximum Gasteiger partial charge on any atom is 0.123 e. The number of halogens is 1. The first-order valence-electron chi connectivity index (χ1n) is 6.73. The molecule has 3 unspecified atom stereocenters. The fourth-order valence-corrected chi connectivity index (χ4v) is 3.54. The first kappa shape index (κ1) is 13.9. The summed E-state index contributed by atoms with van der Waals surface area (Å²) in [4.78, 5) is 0. The Morgan fingerprint density at radius 2 is 2.00 bits per heavy atom. The van der Waals surface area contributed by atoms with Gasteiger partial charge in [0.25, 0.3) is 0 Å². The SMILES string of the molecule is CSC1CCCC(NC(C)c2ccc(F)cc2)C1. The summed E-state index contributed by atoms with van der Waals surface area (Å²) in [7, 11) is 0. The lowest BCUT2D eigenvalue weighted by molar-refractivity contribution is 0.353. The normalized spacial score (nSPS) is 25.9. The van der Waals surface area contributed by atoms with Gasteiger partial charge in [-0.15, -0.1) is 0 Å². The molecule has 1 aliphatic carbocycles. The Balaban J connectivity index is 1.90. The van der Waals surface area contributed by atoms with E-state index in [1.54, 1.807) is 12.1 Å². The minimum Gasteiger partial charge on any atom is -0.307 e. The van der Waals surface area contributed by atoms with Crippen molar-refractivity contribution in [2.24, 2.45) is 0 Å². The number of hydrogen-bond donors (Lipinski definition) is 1. The second kappa shape index (κ2) is 6.58. The molecule has 0 amide bonds. The molecule has 1 N–H and O–H groups in total. The zero-order valence-corrected chi connectivity index (χ0v) is 12.0. The fourth-order valence-electron chi connectivity index (χ4n) is 2.71. The highest BCUT2D eigenvalue weighted by Gasteiger charge is 2.22. The van der Waals surface area contributed by atoms with Crippen LogP contribution in [-0.4, -0.2) is 17.5 Å². The maximum atomic E-state index is 12.9. The van der Waals surface area contributed by atoms with Gasteiger partial charge in [0.1, 0.15) is 5.82 Å². The van der Waals surface area contributed by atoms with E-state index in [2.05, 4.69) is 18.5 Å². The smallest absolute Gasteiger partial charge is 0.123 e. The molecule has 0 spiro atoms. The summed E-state index contributed by atoms with van der Waals surface area (Å²) in [6, 6.07) is 7.74. The van der Waals surface area contributed by atoms with Crippen molar-refractivity contribution in [2.45, 2.75) is 49.9 Å². The molecular formula is C15H22FNS. The summed E-state index contributed by atoms with van der Waals surface area (Å²) in [6.07, 6.45) is 7.40. The van der Waals surface area contributed by atoms with Gasteiger partial charge < -0.3 is 5.32 Å². The molecule has 0 saturated heterocycles. The molecule has 1 aliphatic rings. The van der Waals surface area contributed by atoms with Crippen LogP contribution in [0.2, 0.25) is 0 Å². The molecule has 1 aromatic carbocycles. The Labute approximate surface area is 114 Å². The van der Waals surface area contributed by atoms with Crippen LogP contribution in [0.3, 0.4) is 0 Å². The van der Waals surface area contributed by atoms with Crippen LogP contribution in [0.4, 0.5) is 4.39 Å². The average molecular weight is 267 g/mol. The van der Waals surface area contributed by atoms with Crippen LogP contribution >= 0.6 is 11.8 Å². The van der Waals surface area contributed by atoms with E-state index < -0.39 is 0 Å². The summed E-state index contributed by atoms with van der Waals surface area (Å²) in [5, 5.41) is 4.49. The van der Waals surface area contributed by atoms with Crippen LogP contribution in [-0.2, 0) is 0 Å². The third-order valence-electron chi connectivity index (χ3n) is 3.82. The van der Waals surface area contributed by atoms with Gasteiger partial charge in [0.2, 0.25) is 0 Å². The number of hydrogen-bond acceptors (Lipinski definition) is 2. The Hall–Kier alpha value is -0.540. The van der Waals surface area contributed by atoms with E-state index in [0.29, 0.717) is 12.1 Å². The molecule has 0 heterocycles. The molecule has 0 aromatic heterocycles.